The Balaban J connectivity index is 2.01. The molecule has 102 valence electrons. The fraction of sp³-hybridized carbons (Fsp3) is 0.900. The van der Waals surface area contributed by atoms with E-state index in [0.29, 0.717) is 18.7 Å². The van der Waals surface area contributed by atoms with Crippen molar-refractivity contribution in [3.8, 4) is 0 Å². The summed E-state index contributed by atoms with van der Waals surface area (Å²) < 4.78 is 38.7. The minimum absolute atomic E-state index is 0.195. The third kappa shape index (κ3) is 2.98. The van der Waals surface area contributed by atoms with Crippen LogP contribution in [0.3, 0.4) is 0 Å². The normalized spacial score (nSPS) is 27.1. The van der Waals surface area contributed by atoms with E-state index in [0.717, 1.165) is 6.42 Å². The predicted molar refractivity (Wildman–Crippen MR) is 57.5 cm³/mol. The number of nitrogens with one attached hydrogen (secondary N) is 2. The lowest BCUT2D eigenvalue weighted by Crippen LogP contribution is -2.46. The average molecular weight is 263 g/mol. The summed E-state index contributed by atoms with van der Waals surface area (Å²) in [5.41, 5.74) is 0. The number of H-pyrrole nitrogens is 1. The zero-order valence-corrected chi connectivity index (χ0v) is 10.0. The molecule has 1 fully saturated rings. The number of aromatic nitrogens is 4. The molecule has 3 atom stereocenters. The van der Waals surface area contributed by atoms with Gasteiger partial charge in [0, 0.05) is 6.04 Å². The smallest absolute Gasteiger partial charge is 0.304 e. The third-order valence-corrected chi connectivity index (χ3v) is 3.40. The molecule has 1 aliphatic rings. The van der Waals surface area contributed by atoms with Crippen molar-refractivity contribution in [3.63, 3.8) is 0 Å². The summed E-state index contributed by atoms with van der Waals surface area (Å²) in [7, 11) is 0. The highest BCUT2D eigenvalue weighted by Gasteiger charge is 2.45. The van der Waals surface area contributed by atoms with E-state index >= 15 is 0 Å². The molecule has 0 spiro atoms. The van der Waals surface area contributed by atoms with Crippen molar-refractivity contribution >= 4 is 0 Å². The summed E-state index contributed by atoms with van der Waals surface area (Å²) in [4.78, 5) is 0. The SMILES string of the molecule is CC(NC1CCCCC1C(F)(F)F)c1nn[nH]n1. The van der Waals surface area contributed by atoms with Crippen molar-refractivity contribution in [1.82, 2.24) is 25.9 Å². The van der Waals surface area contributed by atoms with Crippen molar-refractivity contribution in [2.45, 2.75) is 50.9 Å². The van der Waals surface area contributed by atoms with Crippen molar-refractivity contribution in [1.29, 1.82) is 0 Å². The number of hydrogen-bond acceptors (Lipinski definition) is 4. The van der Waals surface area contributed by atoms with Gasteiger partial charge in [-0.2, -0.15) is 18.4 Å². The van der Waals surface area contributed by atoms with Crippen LogP contribution in [0, 0.1) is 5.92 Å². The molecule has 0 aromatic carbocycles. The molecule has 0 bridgehead atoms. The minimum Gasteiger partial charge on any atom is -0.304 e. The highest BCUT2D eigenvalue weighted by Crippen LogP contribution is 2.38. The summed E-state index contributed by atoms with van der Waals surface area (Å²) >= 11 is 0. The first kappa shape index (κ1) is 13.3. The van der Waals surface area contributed by atoms with E-state index in [4.69, 9.17) is 0 Å². The van der Waals surface area contributed by atoms with Gasteiger partial charge in [-0.15, -0.1) is 10.2 Å². The molecular formula is C10H16F3N5. The molecular weight excluding hydrogens is 247 g/mol. The molecule has 0 saturated heterocycles. The zero-order valence-electron chi connectivity index (χ0n) is 10.0. The van der Waals surface area contributed by atoms with Gasteiger partial charge in [-0.1, -0.05) is 18.1 Å². The number of halogens is 3. The maximum atomic E-state index is 12.9. The number of aromatic amines is 1. The Bertz CT molecular complexity index is 364. The molecule has 18 heavy (non-hydrogen) atoms. The van der Waals surface area contributed by atoms with Gasteiger partial charge in [0.1, 0.15) is 0 Å². The van der Waals surface area contributed by atoms with Gasteiger partial charge < -0.3 is 5.32 Å². The first-order chi connectivity index (χ1) is 8.48. The van der Waals surface area contributed by atoms with E-state index in [-0.39, 0.29) is 12.5 Å². The Morgan fingerprint density at radius 2 is 2.06 bits per heavy atom. The summed E-state index contributed by atoms with van der Waals surface area (Å²) in [5.74, 6) is -0.887. The highest BCUT2D eigenvalue weighted by molar-refractivity contribution is 4.92. The standard InChI is InChI=1S/C10H16F3N5/c1-6(9-15-17-18-16-9)14-8-5-3-2-4-7(8)10(11,12)13/h6-8,14H,2-5H2,1H3,(H,15,16,17,18). The predicted octanol–water partition coefficient (Wildman–Crippen LogP) is 1.97. The Kier molecular flexibility index (Phi) is 3.84. The highest BCUT2D eigenvalue weighted by atomic mass is 19.4. The summed E-state index contributed by atoms with van der Waals surface area (Å²) in [5, 5.41) is 16.2. The Hall–Kier alpha value is -1.18. The van der Waals surface area contributed by atoms with E-state index in [1.54, 1.807) is 6.92 Å². The van der Waals surface area contributed by atoms with Gasteiger partial charge in [0.15, 0.2) is 5.82 Å². The van der Waals surface area contributed by atoms with Crippen molar-refractivity contribution in [2.24, 2.45) is 5.92 Å². The summed E-state index contributed by atoms with van der Waals surface area (Å²) in [6.45, 7) is 1.74. The van der Waals surface area contributed by atoms with Crippen molar-refractivity contribution < 1.29 is 13.2 Å². The quantitative estimate of drug-likeness (QED) is 0.875. The summed E-state index contributed by atoms with van der Waals surface area (Å²) in [6, 6.07) is -0.899. The fourth-order valence-corrected chi connectivity index (χ4v) is 2.47. The van der Waals surface area contributed by atoms with Crippen LogP contribution in [0.4, 0.5) is 13.2 Å². The van der Waals surface area contributed by atoms with Gasteiger partial charge in [-0.05, 0) is 19.8 Å². The topological polar surface area (TPSA) is 66.5 Å². The molecule has 1 heterocycles. The minimum atomic E-state index is -4.14. The van der Waals surface area contributed by atoms with Gasteiger partial charge in [-0.3, -0.25) is 0 Å². The van der Waals surface area contributed by atoms with E-state index in [1.165, 1.54) is 0 Å². The first-order valence-electron chi connectivity index (χ1n) is 6.04. The van der Waals surface area contributed by atoms with Crippen LogP contribution in [-0.4, -0.2) is 32.8 Å². The van der Waals surface area contributed by atoms with Crippen LogP contribution in [0.5, 0.6) is 0 Å². The fourth-order valence-electron chi connectivity index (χ4n) is 2.47. The molecule has 1 aromatic heterocycles. The van der Waals surface area contributed by atoms with Gasteiger partial charge in [0.25, 0.3) is 0 Å². The van der Waals surface area contributed by atoms with Gasteiger partial charge >= 0.3 is 6.18 Å². The number of nitrogens with zero attached hydrogens (tertiary/aromatic N) is 3. The second-order valence-corrected chi connectivity index (χ2v) is 4.70. The number of hydrogen-bond donors (Lipinski definition) is 2. The van der Waals surface area contributed by atoms with Crippen LogP contribution in [-0.2, 0) is 0 Å². The maximum absolute atomic E-state index is 12.9. The van der Waals surface area contributed by atoms with Crippen molar-refractivity contribution in [3.05, 3.63) is 5.82 Å². The number of tetrazole rings is 1. The Morgan fingerprint density at radius 3 is 2.67 bits per heavy atom. The second-order valence-electron chi connectivity index (χ2n) is 4.70. The Morgan fingerprint density at radius 1 is 1.33 bits per heavy atom. The third-order valence-electron chi connectivity index (χ3n) is 3.40. The van der Waals surface area contributed by atoms with E-state index in [1.807, 2.05) is 0 Å². The molecule has 1 aromatic rings. The maximum Gasteiger partial charge on any atom is 0.393 e. The van der Waals surface area contributed by atoms with E-state index < -0.39 is 18.1 Å². The molecule has 0 amide bonds. The lowest BCUT2D eigenvalue weighted by atomic mass is 9.83. The molecule has 1 aliphatic carbocycles. The zero-order chi connectivity index (χ0) is 13.2. The van der Waals surface area contributed by atoms with Gasteiger partial charge in [-0.25, -0.2) is 0 Å². The van der Waals surface area contributed by atoms with E-state index in [9.17, 15) is 13.2 Å². The molecule has 1 saturated carbocycles. The number of alkyl halides is 3. The molecule has 0 aliphatic heterocycles. The van der Waals surface area contributed by atoms with Crippen LogP contribution >= 0.6 is 0 Å². The first-order valence-corrected chi connectivity index (χ1v) is 6.04. The van der Waals surface area contributed by atoms with Crippen LogP contribution in [0.25, 0.3) is 0 Å². The van der Waals surface area contributed by atoms with Gasteiger partial charge in [0.05, 0.1) is 12.0 Å². The molecule has 5 nitrogen and oxygen atoms in total. The van der Waals surface area contributed by atoms with Crippen LogP contribution in [0.15, 0.2) is 0 Å². The second kappa shape index (κ2) is 5.21. The van der Waals surface area contributed by atoms with Crippen molar-refractivity contribution in [2.75, 3.05) is 0 Å². The van der Waals surface area contributed by atoms with Crippen LogP contribution in [0.1, 0.15) is 44.5 Å². The largest absolute Gasteiger partial charge is 0.393 e. The molecule has 2 rings (SSSR count). The molecule has 2 N–H and O–H groups in total. The monoisotopic (exact) mass is 263 g/mol. The Labute approximate surface area is 103 Å². The molecule has 8 heteroatoms. The van der Waals surface area contributed by atoms with Crippen LogP contribution in [0.2, 0.25) is 0 Å². The summed E-state index contributed by atoms with van der Waals surface area (Å²) in [6.07, 6.45) is -1.95. The van der Waals surface area contributed by atoms with Crippen LogP contribution < -0.4 is 5.32 Å². The van der Waals surface area contributed by atoms with Gasteiger partial charge in [0.2, 0.25) is 0 Å². The lowest BCUT2D eigenvalue weighted by molar-refractivity contribution is -0.189. The average Bonchev–Trinajstić information content (AvgIpc) is 2.81. The number of rotatable bonds is 3. The lowest BCUT2D eigenvalue weighted by Gasteiger charge is -2.34. The van der Waals surface area contributed by atoms with E-state index in [2.05, 4.69) is 25.9 Å². The molecule has 3 unspecified atom stereocenters. The molecule has 0 radical (unpaired) electrons.